The Morgan fingerprint density at radius 2 is 1.86 bits per heavy atom. The number of benzene rings is 1. The first kappa shape index (κ1) is 24.8. The Morgan fingerprint density at radius 1 is 1.21 bits per heavy atom. The second-order valence-corrected chi connectivity index (χ2v) is 7.92. The van der Waals surface area contributed by atoms with Gasteiger partial charge in [0, 0.05) is 11.1 Å². The maximum atomic E-state index is 12.1. The highest BCUT2D eigenvalue weighted by molar-refractivity contribution is 6.20. The molecule has 6 nitrogen and oxygen atoms in total. The summed E-state index contributed by atoms with van der Waals surface area (Å²) in [5.41, 5.74) is 0.907. The van der Waals surface area contributed by atoms with Crippen molar-refractivity contribution < 1.29 is 23.8 Å². The summed E-state index contributed by atoms with van der Waals surface area (Å²) in [5.74, 6) is 0.248. The molecule has 0 aliphatic carbocycles. The molecule has 1 rings (SSSR count). The number of hydrogen-bond acceptors (Lipinski definition) is 5. The minimum Gasteiger partial charge on any atom is -0.494 e. The molecule has 7 heteroatoms. The molecule has 0 spiro atoms. The fraction of sp³-hybridized carbons (Fsp3) is 0.545. The van der Waals surface area contributed by atoms with Gasteiger partial charge in [-0.15, -0.1) is 11.6 Å². The first-order valence-electron chi connectivity index (χ1n) is 9.89. The molecule has 0 heterocycles. The Bertz CT molecular complexity index is 660. The number of amides is 1. The highest BCUT2D eigenvalue weighted by Crippen LogP contribution is 2.18. The number of anilines is 1. The molecule has 0 aliphatic rings. The van der Waals surface area contributed by atoms with Gasteiger partial charge in [-0.1, -0.05) is 27.4 Å². The number of ether oxygens (including phenoxy) is 3. The van der Waals surface area contributed by atoms with Crippen molar-refractivity contribution in [2.45, 2.75) is 58.4 Å². The second-order valence-electron chi connectivity index (χ2n) is 7.30. The van der Waals surface area contributed by atoms with Crippen molar-refractivity contribution in [3.8, 4) is 5.75 Å². The van der Waals surface area contributed by atoms with Crippen molar-refractivity contribution in [2.75, 3.05) is 18.5 Å². The molecule has 0 fully saturated rings. The third-order valence-corrected chi connectivity index (χ3v) is 4.45. The predicted octanol–water partition coefficient (Wildman–Crippen LogP) is 5.56. The lowest BCUT2D eigenvalue weighted by Crippen LogP contribution is -2.32. The van der Waals surface area contributed by atoms with E-state index in [1.165, 1.54) is 0 Å². The van der Waals surface area contributed by atoms with Crippen molar-refractivity contribution in [1.82, 2.24) is 0 Å². The maximum absolute atomic E-state index is 12.1. The number of alkyl halides is 1. The van der Waals surface area contributed by atoms with Crippen molar-refractivity contribution >= 4 is 29.4 Å². The summed E-state index contributed by atoms with van der Waals surface area (Å²) in [6.45, 7) is 12.0. The summed E-state index contributed by atoms with van der Waals surface area (Å²) < 4.78 is 16.0. The van der Waals surface area contributed by atoms with Gasteiger partial charge in [0.1, 0.15) is 5.75 Å². The van der Waals surface area contributed by atoms with Crippen LogP contribution in [0.2, 0.25) is 0 Å². The number of halogens is 1. The fourth-order valence-electron chi connectivity index (χ4n) is 2.26. The molecule has 1 amide bonds. The van der Waals surface area contributed by atoms with Crippen LogP contribution in [-0.2, 0) is 14.3 Å². The van der Waals surface area contributed by atoms with Gasteiger partial charge in [-0.05, 0) is 61.9 Å². The van der Waals surface area contributed by atoms with Crippen LogP contribution in [-0.4, -0.2) is 36.8 Å². The summed E-state index contributed by atoms with van der Waals surface area (Å²) in [4.78, 5) is 24.2. The largest absolute Gasteiger partial charge is 0.494 e. The number of carbonyl (C=O) groups excluding carboxylic acids is 2. The number of esters is 1. The lowest BCUT2D eigenvalue weighted by molar-refractivity contribution is -0.152. The number of nitrogens with one attached hydrogen (secondary N) is 1. The highest BCUT2D eigenvalue weighted by Gasteiger charge is 2.25. The number of hydrogen-bond donors (Lipinski definition) is 1. The zero-order chi connectivity index (χ0) is 21.8. The van der Waals surface area contributed by atoms with Crippen LogP contribution >= 0.6 is 11.6 Å². The molecule has 0 aromatic heterocycles. The topological polar surface area (TPSA) is 73.9 Å². The standard InChI is InChI=1S/C22H32ClNO5/c1-6-17(23)8-7-13-27-19-11-9-18(10-12-19)24-22(26)29-20(16(4)5)21(25)28-14-15(2)3/h9-12,15,17,20H,4,6-8,13-14H2,1-3,5H3,(H,24,26). The van der Waals surface area contributed by atoms with Gasteiger partial charge < -0.3 is 14.2 Å². The van der Waals surface area contributed by atoms with Crippen molar-refractivity contribution in [1.29, 1.82) is 0 Å². The average Bonchev–Trinajstić information content (AvgIpc) is 2.68. The summed E-state index contributed by atoms with van der Waals surface area (Å²) in [6.07, 6.45) is 0.821. The monoisotopic (exact) mass is 425 g/mol. The smallest absolute Gasteiger partial charge is 0.412 e. The van der Waals surface area contributed by atoms with Crippen LogP contribution in [0.4, 0.5) is 10.5 Å². The van der Waals surface area contributed by atoms with Crippen LogP contribution in [0, 0.1) is 5.92 Å². The molecule has 1 aromatic rings. The summed E-state index contributed by atoms with van der Waals surface area (Å²) in [6, 6.07) is 6.89. The summed E-state index contributed by atoms with van der Waals surface area (Å²) in [5, 5.41) is 2.76. The maximum Gasteiger partial charge on any atom is 0.412 e. The Labute approximate surface area is 178 Å². The van der Waals surface area contributed by atoms with Gasteiger partial charge in [0.05, 0.1) is 13.2 Å². The van der Waals surface area contributed by atoms with E-state index < -0.39 is 18.2 Å². The first-order valence-corrected chi connectivity index (χ1v) is 10.3. The van der Waals surface area contributed by atoms with E-state index in [0.717, 1.165) is 19.3 Å². The summed E-state index contributed by atoms with van der Waals surface area (Å²) in [7, 11) is 0. The van der Waals surface area contributed by atoms with Gasteiger partial charge in [0.25, 0.3) is 0 Å². The number of rotatable bonds is 12. The van der Waals surface area contributed by atoms with Crippen molar-refractivity contribution in [3.05, 3.63) is 36.4 Å². The normalized spacial score (nSPS) is 12.8. The van der Waals surface area contributed by atoms with Crippen molar-refractivity contribution in [2.24, 2.45) is 5.92 Å². The molecule has 0 aliphatic heterocycles. The fourth-order valence-corrected chi connectivity index (χ4v) is 2.42. The van der Waals surface area contributed by atoms with E-state index in [9.17, 15) is 9.59 Å². The van der Waals surface area contributed by atoms with Crippen LogP contribution in [0.1, 0.15) is 47.0 Å². The highest BCUT2D eigenvalue weighted by atomic mass is 35.5. The minimum atomic E-state index is -1.15. The Kier molecular flexibility index (Phi) is 11.2. The molecule has 2 atom stereocenters. The minimum absolute atomic E-state index is 0.182. The van der Waals surface area contributed by atoms with E-state index >= 15 is 0 Å². The molecule has 1 N–H and O–H groups in total. The van der Waals surface area contributed by atoms with E-state index in [-0.39, 0.29) is 17.9 Å². The average molecular weight is 426 g/mol. The molecule has 2 unspecified atom stereocenters. The van der Waals surface area contributed by atoms with Crippen LogP contribution in [0.3, 0.4) is 0 Å². The molecule has 0 bridgehead atoms. The predicted molar refractivity (Wildman–Crippen MR) is 116 cm³/mol. The van der Waals surface area contributed by atoms with E-state index in [4.69, 9.17) is 25.8 Å². The van der Waals surface area contributed by atoms with Gasteiger partial charge in [-0.25, -0.2) is 9.59 Å². The van der Waals surface area contributed by atoms with Gasteiger partial charge in [0.15, 0.2) is 0 Å². The third kappa shape index (κ3) is 10.2. The molecular weight excluding hydrogens is 394 g/mol. The lowest BCUT2D eigenvalue weighted by Gasteiger charge is -2.18. The second kappa shape index (κ2) is 13.1. The number of carbonyl (C=O) groups is 2. The van der Waals surface area contributed by atoms with Gasteiger partial charge >= 0.3 is 12.1 Å². The molecule has 162 valence electrons. The quantitative estimate of drug-likeness (QED) is 0.205. The molecule has 0 radical (unpaired) electrons. The lowest BCUT2D eigenvalue weighted by atomic mass is 10.2. The zero-order valence-electron chi connectivity index (χ0n) is 17.7. The van der Waals surface area contributed by atoms with Crippen LogP contribution in [0.25, 0.3) is 0 Å². The summed E-state index contributed by atoms with van der Waals surface area (Å²) >= 11 is 6.08. The SMILES string of the molecule is C=C(C)C(OC(=O)Nc1ccc(OCCCC(Cl)CC)cc1)C(=O)OCC(C)C. The van der Waals surface area contributed by atoms with E-state index in [0.29, 0.717) is 23.6 Å². The Balaban J connectivity index is 2.49. The zero-order valence-corrected chi connectivity index (χ0v) is 18.5. The molecule has 0 saturated carbocycles. The van der Waals surface area contributed by atoms with Gasteiger partial charge in [0.2, 0.25) is 6.10 Å². The molecular formula is C22H32ClNO5. The van der Waals surface area contributed by atoms with Crippen LogP contribution in [0.15, 0.2) is 36.4 Å². The third-order valence-electron chi connectivity index (χ3n) is 3.92. The molecule has 1 aromatic carbocycles. The van der Waals surface area contributed by atoms with Crippen LogP contribution in [0.5, 0.6) is 5.75 Å². The van der Waals surface area contributed by atoms with Crippen LogP contribution < -0.4 is 10.1 Å². The van der Waals surface area contributed by atoms with E-state index in [1.54, 1.807) is 31.2 Å². The van der Waals surface area contributed by atoms with Crippen molar-refractivity contribution in [3.63, 3.8) is 0 Å². The van der Waals surface area contributed by atoms with E-state index in [1.807, 2.05) is 13.8 Å². The van der Waals surface area contributed by atoms with Gasteiger partial charge in [-0.3, -0.25) is 5.32 Å². The Morgan fingerprint density at radius 3 is 2.41 bits per heavy atom. The Hall–Kier alpha value is -2.21. The molecule has 0 saturated heterocycles. The van der Waals surface area contributed by atoms with Gasteiger partial charge in [-0.2, -0.15) is 0 Å². The first-order chi connectivity index (χ1) is 13.7. The van der Waals surface area contributed by atoms with E-state index in [2.05, 4.69) is 18.8 Å². The molecule has 29 heavy (non-hydrogen) atoms.